The summed E-state index contributed by atoms with van der Waals surface area (Å²) in [5, 5.41) is 8.22. The third kappa shape index (κ3) is 3.75. The van der Waals surface area contributed by atoms with Crippen molar-refractivity contribution in [3.8, 4) is 0 Å². The van der Waals surface area contributed by atoms with Crippen molar-refractivity contribution in [2.45, 2.75) is 52.3 Å². The molecule has 2 heterocycles. The summed E-state index contributed by atoms with van der Waals surface area (Å²) >= 11 is 0. The molecule has 1 aliphatic heterocycles. The number of rotatable bonds is 4. The molecule has 154 valence electrons. The molecule has 0 bridgehead atoms. The van der Waals surface area contributed by atoms with E-state index in [0.29, 0.717) is 29.3 Å². The van der Waals surface area contributed by atoms with Crippen LogP contribution in [-0.4, -0.2) is 44.4 Å². The van der Waals surface area contributed by atoms with Gasteiger partial charge in [0.05, 0.1) is 11.3 Å². The van der Waals surface area contributed by atoms with Crippen molar-refractivity contribution in [3.05, 3.63) is 34.6 Å². The molecule has 0 N–H and O–H groups in total. The summed E-state index contributed by atoms with van der Waals surface area (Å²) in [7, 11) is 0. The van der Waals surface area contributed by atoms with Crippen LogP contribution in [-0.2, 0) is 21.1 Å². The molecule has 4 rings (SSSR count). The van der Waals surface area contributed by atoms with Crippen LogP contribution in [0.2, 0.25) is 0 Å². The first-order valence-corrected chi connectivity index (χ1v) is 10.2. The monoisotopic (exact) mass is 398 g/mol. The predicted molar refractivity (Wildman–Crippen MR) is 106 cm³/mol. The van der Waals surface area contributed by atoms with Crippen LogP contribution in [0.4, 0.5) is 0 Å². The van der Waals surface area contributed by atoms with Crippen LogP contribution in [0.5, 0.6) is 0 Å². The van der Waals surface area contributed by atoms with Crippen molar-refractivity contribution in [2.75, 3.05) is 6.54 Å². The van der Waals surface area contributed by atoms with Crippen molar-refractivity contribution in [1.82, 2.24) is 19.9 Å². The topological polar surface area (TPSA) is 94.4 Å². The summed E-state index contributed by atoms with van der Waals surface area (Å²) in [6, 6.07) is 7.07. The van der Waals surface area contributed by atoms with E-state index in [0.717, 1.165) is 17.5 Å². The number of esters is 1. The van der Waals surface area contributed by atoms with E-state index >= 15 is 0 Å². The highest BCUT2D eigenvalue weighted by Crippen LogP contribution is 2.35. The van der Waals surface area contributed by atoms with Crippen LogP contribution in [0.3, 0.4) is 0 Å². The molecule has 4 atom stereocenters. The first-order chi connectivity index (χ1) is 14.0. The van der Waals surface area contributed by atoms with Gasteiger partial charge in [-0.05, 0) is 30.4 Å². The van der Waals surface area contributed by atoms with Crippen molar-refractivity contribution in [3.63, 3.8) is 0 Å². The molecule has 1 aliphatic carbocycles. The summed E-state index contributed by atoms with van der Waals surface area (Å²) in [4.78, 5) is 39.4. The predicted octanol–water partition coefficient (Wildman–Crippen LogP) is 1.97. The van der Waals surface area contributed by atoms with Gasteiger partial charge in [0.25, 0.3) is 5.56 Å². The van der Waals surface area contributed by atoms with E-state index in [4.69, 9.17) is 4.74 Å². The van der Waals surface area contributed by atoms with Gasteiger partial charge in [-0.1, -0.05) is 44.0 Å². The largest absolute Gasteiger partial charge is 0.442 e. The Labute approximate surface area is 168 Å². The Bertz CT molecular complexity index is 988. The van der Waals surface area contributed by atoms with Gasteiger partial charge in [-0.3, -0.25) is 14.4 Å². The van der Waals surface area contributed by atoms with E-state index in [9.17, 15) is 14.4 Å². The number of fused-ring (bicyclic) bond motifs is 1. The molecular weight excluding hydrogens is 372 g/mol. The minimum atomic E-state index is -0.504. The van der Waals surface area contributed by atoms with Crippen molar-refractivity contribution in [2.24, 2.45) is 17.8 Å². The van der Waals surface area contributed by atoms with Gasteiger partial charge in [-0.25, -0.2) is 0 Å². The quantitative estimate of drug-likeness (QED) is 0.731. The van der Waals surface area contributed by atoms with Gasteiger partial charge in [0, 0.05) is 19.0 Å². The molecule has 2 aliphatic rings. The minimum absolute atomic E-state index is 0.0144. The molecule has 1 amide bonds. The standard InChI is InChI=1S/C21H26N4O4/c1-13-6-5-9-18(14(13)2)24-11-15(10-19(24)26)21(28)29-12-25-20(27)16-7-3-4-8-17(16)22-23-25/h3-4,7-8,13-15,18H,5-6,9-12H2,1-2H3/t13-,14-,15-,18-/m1/s1. The fourth-order valence-electron chi connectivity index (χ4n) is 4.55. The number of hydrogen-bond acceptors (Lipinski definition) is 6. The number of benzene rings is 1. The van der Waals surface area contributed by atoms with Crippen LogP contribution in [0.25, 0.3) is 10.9 Å². The molecule has 2 fully saturated rings. The van der Waals surface area contributed by atoms with Crippen LogP contribution < -0.4 is 5.56 Å². The third-order valence-corrected chi connectivity index (χ3v) is 6.51. The van der Waals surface area contributed by atoms with Crippen molar-refractivity contribution >= 4 is 22.8 Å². The molecule has 0 spiro atoms. The lowest BCUT2D eigenvalue weighted by Crippen LogP contribution is -2.45. The molecule has 0 radical (unpaired) electrons. The van der Waals surface area contributed by atoms with Crippen LogP contribution >= 0.6 is 0 Å². The second-order valence-electron chi connectivity index (χ2n) is 8.29. The smallest absolute Gasteiger partial charge is 0.313 e. The summed E-state index contributed by atoms with van der Waals surface area (Å²) < 4.78 is 6.34. The first-order valence-electron chi connectivity index (χ1n) is 10.2. The van der Waals surface area contributed by atoms with Gasteiger partial charge in [0.15, 0.2) is 6.73 Å². The Kier molecular flexibility index (Phi) is 5.34. The van der Waals surface area contributed by atoms with E-state index in [2.05, 4.69) is 24.2 Å². The second-order valence-corrected chi connectivity index (χ2v) is 8.29. The highest BCUT2D eigenvalue weighted by molar-refractivity contribution is 5.87. The fourth-order valence-corrected chi connectivity index (χ4v) is 4.55. The van der Waals surface area contributed by atoms with Crippen molar-refractivity contribution in [1.29, 1.82) is 0 Å². The Morgan fingerprint density at radius 2 is 2.00 bits per heavy atom. The number of nitrogens with zero attached hydrogens (tertiary/aromatic N) is 4. The molecule has 1 saturated carbocycles. The highest BCUT2D eigenvalue weighted by atomic mass is 16.5. The molecular formula is C21H26N4O4. The molecule has 8 heteroatoms. The van der Waals surface area contributed by atoms with Crippen LogP contribution in [0.1, 0.15) is 39.5 Å². The average molecular weight is 398 g/mol. The van der Waals surface area contributed by atoms with Crippen LogP contribution in [0, 0.1) is 17.8 Å². The van der Waals surface area contributed by atoms with Crippen LogP contribution in [0.15, 0.2) is 29.1 Å². The second kappa shape index (κ2) is 7.93. The maximum atomic E-state index is 12.6. The molecule has 1 aromatic heterocycles. The summed E-state index contributed by atoms with van der Waals surface area (Å²) in [6.07, 6.45) is 3.45. The maximum absolute atomic E-state index is 12.6. The number of carbonyl (C=O) groups excluding carboxylic acids is 2. The van der Waals surface area contributed by atoms with E-state index in [1.54, 1.807) is 24.3 Å². The number of hydrogen-bond donors (Lipinski definition) is 0. The molecule has 1 saturated heterocycles. The number of ether oxygens (including phenoxy) is 1. The lowest BCUT2D eigenvalue weighted by atomic mass is 9.77. The Morgan fingerprint density at radius 3 is 2.83 bits per heavy atom. The first kappa shape index (κ1) is 19.5. The van der Waals surface area contributed by atoms with Gasteiger partial charge in [-0.15, -0.1) is 5.10 Å². The summed E-state index contributed by atoms with van der Waals surface area (Å²) in [5.74, 6) is 0.0376. The zero-order valence-corrected chi connectivity index (χ0v) is 16.8. The highest BCUT2D eigenvalue weighted by Gasteiger charge is 2.42. The minimum Gasteiger partial charge on any atom is -0.442 e. The van der Waals surface area contributed by atoms with E-state index in [-0.39, 0.29) is 30.7 Å². The molecule has 0 unspecified atom stereocenters. The molecule has 1 aromatic carbocycles. The fraction of sp³-hybridized carbons (Fsp3) is 0.571. The Balaban J connectivity index is 1.40. The number of carbonyl (C=O) groups is 2. The Hall–Kier alpha value is -2.77. The lowest BCUT2D eigenvalue weighted by Gasteiger charge is -2.39. The summed E-state index contributed by atoms with van der Waals surface area (Å²) in [5.41, 5.74) is 0.130. The number of aromatic nitrogens is 3. The number of amides is 1. The lowest BCUT2D eigenvalue weighted by molar-refractivity contribution is -0.153. The van der Waals surface area contributed by atoms with E-state index in [1.165, 1.54) is 6.42 Å². The maximum Gasteiger partial charge on any atom is 0.313 e. The SMILES string of the molecule is C[C@@H]1[C@H](C)CCC[C@H]1N1C[C@H](C(=O)OCn2nnc3ccccc3c2=O)CC1=O. The van der Waals surface area contributed by atoms with Gasteiger partial charge in [0.2, 0.25) is 5.91 Å². The van der Waals surface area contributed by atoms with Gasteiger partial charge in [-0.2, -0.15) is 4.68 Å². The number of likely N-dealkylation sites (tertiary alicyclic amines) is 1. The third-order valence-electron chi connectivity index (χ3n) is 6.51. The summed E-state index contributed by atoms with van der Waals surface area (Å²) in [6.45, 7) is 4.50. The molecule has 29 heavy (non-hydrogen) atoms. The zero-order chi connectivity index (χ0) is 20.5. The molecule has 8 nitrogen and oxygen atoms in total. The van der Waals surface area contributed by atoms with E-state index < -0.39 is 11.9 Å². The van der Waals surface area contributed by atoms with Crippen molar-refractivity contribution < 1.29 is 14.3 Å². The zero-order valence-electron chi connectivity index (χ0n) is 16.8. The average Bonchev–Trinajstić information content (AvgIpc) is 3.11. The van der Waals surface area contributed by atoms with Gasteiger partial charge < -0.3 is 9.64 Å². The Morgan fingerprint density at radius 1 is 1.21 bits per heavy atom. The van der Waals surface area contributed by atoms with Gasteiger partial charge in [0.1, 0.15) is 5.52 Å². The normalized spacial score (nSPS) is 27.4. The van der Waals surface area contributed by atoms with E-state index in [1.807, 2.05) is 4.90 Å². The van der Waals surface area contributed by atoms with Gasteiger partial charge >= 0.3 is 5.97 Å². The molecule has 2 aromatic rings.